The third kappa shape index (κ3) is 6.10. The van der Waals surface area contributed by atoms with Crippen LogP contribution in [-0.2, 0) is 0 Å². The fraction of sp³-hybridized carbons (Fsp3) is 0.122. The lowest BCUT2D eigenvalue weighted by Crippen LogP contribution is -2.02. The number of benzene rings is 6. The molecule has 0 heterocycles. The predicted octanol–water partition coefficient (Wildman–Crippen LogP) is 10.2. The molecular formula is C41H35FO5. The third-order valence-corrected chi connectivity index (χ3v) is 8.33. The van der Waals surface area contributed by atoms with E-state index in [-0.39, 0.29) is 5.82 Å². The van der Waals surface area contributed by atoms with Crippen molar-refractivity contribution in [3.8, 4) is 84.4 Å². The normalized spacial score (nSPS) is 10.8. The lowest BCUT2D eigenvalue weighted by Gasteiger charge is -2.26. The van der Waals surface area contributed by atoms with E-state index in [9.17, 15) is 0 Å². The number of methoxy groups -OCH3 is 5. The van der Waals surface area contributed by atoms with Gasteiger partial charge in [0.1, 0.15) is 34.6 Å². The molecule has 6 heteroatoms. The van der Waals surface area contributed by atoms with E-state index in [1.54, 1.807) is 35.5 Å². The first-order valence-corrected chi connectivity index (χ1v) is 15.1. The number of hydrogen-bond donors (Lipinski definition) is 0. The largest absolute Gasteiger partial charge is 0.497 e. The van der Waals surface area contributed by atoms with Crippen molar-refractivity contribution in [2.45, 2.75) is 0 Å². The summed E-state index contributed by atoms with van der Waals surface area (Å²) in [6.07, 6.45) is 0. The van der Waals surface area contributed by atoms with E-state index < -0.39 is 0 Å². The SMILES string of the molecule is COc1ccc(-c2c(F)c(-c3ccc(OC)cc3)c(-c3ccc(OC)cc3)c(-c3ccc(OC)cc3)c2-c2ccc(OC)cc2)cc1. The molecule has 0 amide bonds. The van der Waals surface area contributed by atoms with Gasteiger partial charge in [-0.2, -0.15) is 0 Å². The molecule has 0 aliphatic carbocycles. The standard InChI is InChI=1S/C41H35FO5/c1-43-31-16-6-26(7-17-31)36-37(27-8-18-32(44-2)19-9-27)39(29-12-22-34(46-4)23-13-29)41(42)40(30-14-24-35(47-5)25-15-30)38(36)28-10-20-33(45-3)21-11-28/h6-25H,1-5H3. The van der Waals surface area contributed by atoms with E-state index in [2.05, 4.69) is 0 Å². The quantitative estimate of drug-likeness (QED) is 0.151. The van der Waals surface area contributed by atoms with Gasteiger partial charge in [0.2, 0.25) is 0 Å². The smallest absolute Gasteiger partial charge is 0.140 e. The molecular weight excluding hydrogens is 591 g/mol. The summed E-state index contributed by atoms with van der Waals surface area (Å²) in [5.41, 5.74) is 7.24. The van der Waals surface area contributed by atoms with Crippen molar-refractivity contribution in [1.82, 2.24) is 0 Å². The Labute approximate surface area is 274 Å². The van der Waals surface area contributed by atoms with E-state index in [0.29, 0.717) is 45.3 Å². The van der Waals surface area contributed by atoms with Crippen molar-refractivity contribution in [2.75, 3.05) is 35.5 Å². The molecule has 0 N–H and O–H groups in total. The zero-order valence-electron chi connectivity index (χ0n) is 27.0. The lowest BCUT2D eigenvalue weighted by atomic mass is 9.78. The van der Waals surface area contributed by atoms with Gasteiger partial charge in [-0.3, -0.25) is 0 Å². The highest BCUT2D eigenvalue weighted by Crippen LogP contribution is 2.52. The maximum Gasteiger partial charge on any atom is 0.140 e. The van der Waals surface area contributed by atoms with Gasteiger partial charge in [-0.25, -0.2) is 4.39 Å². The van der Waals surface area contributed by atoms with Crippen LogP contribution in [-0.4, -0.2) is 35.5 Å². The lowest BCUT2D eigenvalue weighted by molar-refractivity contribution is 0.414. The molecule has 0 atom stereocenters. The van der Waals surface area contributed by atoms with Crippen molar-refractivity contribution < 1.29 is 28.1 Å². The fourth-order valence-corrected chi connectivity index (χ4v) is 5.92. The maximum absolute atomic E-state index is 17.9. The van der Waals surface area contributed by atoms with Crippen LogP contribution in [0.15, 0.2) is 121 Å². The van der Waals surface area contributed by atoms with E-state index in [1.807, 2.05) is 121 Å². The topological polar surface area (TPSA) is 46.2 Å². The molecule has 0 aliphatic heterocycles. The van der Waals surface area contributed by atoms with Crippen molar-refractivity contribution in [1.29, 1.82) is 0 Å². The van der Waals surface area contributed by atoms with E-state index in [1.165, 1.54) is 0 Å². The average Bonchev–Trinajstić information content (AvgIpc) is 3.14. The third-order valence-electron chi connectivity index (χ3n) is 8.33. The van der Waals surface area contributed by atoms with Gasteiger partial charge in [-0.1, -0.05) is 60.7 Å². The molecule has 5 nitrogen and oxygen atoms in total. The van der Waals surface area contributed by atoms with Crippen molar-refractivity contribution in [3.05, 3.63) is 127 Å². The van der Waals surface area contributed by atoms with Crippen LogP contribution in [0.4, 0.5) is 4.39 Å². The second kappa shape index (κ2) is 13.7. The Morgan fingerprint density at radius 3 is 0.638 bits per heavy atom. The van der Waals surface area contributed by atoms with Crippen molar-refractivity contribution in [3.63, 3.8) is 0 Å². The molecule has 0 bridgehead atoms. The molecule has 0 unspecified atom stereocenters. The molecule has 0 saturated heterocycles. The molecule has 0 radical (unpaired) electrons. The monoisotopic (exact) mass is 626 g/mol. The Morgan fingerprint density at radius 2 is 0.447 bits per heavy atom. The summed E-state index contributed by atoms with van der Waals surface area (Å²) >= 11 is 0. The number of ether oxygens (including phenoxy) is 5. The number of halogens is 1. The zero-order chi connectivity index (χ0) is 32.9. The van der Waals surface area contributed by atoms with E-state index in [0.717, 1.165) is 39.1 Å². The molecule has 47 heavy (non-hydrogen) atoms. The summed E-state index contributed by atoms with van der Waals surface area (Å²) in [7, 11) is 8.14. The van der Waals surface area contributed by atoms with Crippen molar-refractivity contribution in [2.24, 2.45) is 0 Å². The van der Waals surface area contributed by atoms with Gasteiger partial charge in [-0.15, -0.1) is 0 Å². The van der Waals surface area contributed by atoms with E-state index in [4.69, 9.17) is 23.7 Å². The molecule has 0 fully saturated rings. The molecule has 0 aromatic heterocycles. The highest BCUT2D eigenvalue weighted by Gasteiger charge is 2.29. The van der Waals surface area contributed by atoms with Crippen LogP contribution in [0.3, 0.4) is 0 Å². The summed E-state index contributed by atoms with van der Waals surface area (Å²) < 4.78 is 45.3. The molecule has 6 rings (SSSR count). The summed E-state index contributed by atoms with van der Waals surface area (Å²) in [5, 5.41) is 0. The van der Waals surface area contributed by atoms with Gasteiger partial charge < -0.3 is 23.7 Å². The summed E-state index contributed by atoms with van der Waals surface area (Å²) in [4.78, 5) is 0. The van der Waals surface area contributed by atoms with Crippen LogP contribution >= 0.6 is 0 Å². The second-order valence-corrected chi connectivity index (χ2v) is 10.8. The molecule has 0 saturated carbocycles. The highest BCUT2D eigenvalue weighted by atomic mass is 19.1. The van der Waals surface area contributed by atoms with Gasteiger partial charge in [0.25, 0.3) is 0 Å². The Bertz CT molecular complexity index is 1840. The maximum atomic E-state index is 17.9. The molecule has 6 aromatic rings. The second-order valence-electron chi connectivity index (χ2n) is 10.8. The fourth-order valence-electron chi connectivity index (χ4n) is 5.92. The summed E-state index contributed by atoms with van der Waals surface area (Å²) in [6.45, 7) is 0. The van der Waals surface area contributed by atoms with Crippen LogP contribution < -0.4 is 23.7 Å². The predicted molar refractivity (Wildman–Crippen MR) is 186 cm³/mol. The van der Waals surface area contributed by atoms with E-state index >= 15 is 4.39 Å². The van der Waals surface area contributed by atoms with Crippen molar-refractivity contribution >= 4 is 0 Å². The number of rotatable bonds is 10. The molecule has 0 aliphatic rings. The van der Waals surface area contributed by atoms with Gasteiger partial charge in [0.15, 0.2) is 0 Å². The van der Waals surface area contributed by atoms with Crippen LogP contribution in [0.1, 0.15) is 0 Å². The first kappa shape index (κ1) is 31.2. The Hall–Kier alpha value is -5.75. The number of hydrogen-bond acceptors (Lipinski definition) is 5. The minimum absolute atomic E-state index is 0.353. The summed E-state index contributed by atoms with van der Waals surface area (Å²) in [5.74, 6) is 3.14. The minimum atomic E-state index is -0.353. The first-order valence-electron chi connectivity index (χ1n) is 15.1. The highest BCUT2D eigenvalue weighted by molar-refractivity contribution is 6.08. The van der Waals surface area contributed by atoms with Crippen LogP contribution in [0.25, 0.3) is 55.6 Å². The molecule has 0 spiro atoms. The molecule has 6 aromatic carbocycles. The van der Waals surface area contributed by atoms with Crippen LogP contribution in [0.5, 0.6) is 28.7 Å². The summed E-state index contributed by atoms with van der Waals surface area (Å²) in [6, 6.07) is 38.3. The van der Waals surface area contributed by atoms with Gasteiger partial charge in [0, 0.05) is 22.3 Å². The van der Waals surface area contributed by atoms with Crippen LogP contribution in [0, 0.1) is 5.82 Å². The Kier molecular flexibility index (Phi) is 9.11. The molecule has 236 valence electrons. The first-order chi connectivity index (χ1) is 23.0. The Morgan fingerprint density at radius 1 is 0.277 bits per heavy atom. The Balaban J connectivity index is 1.83. The zero-order valence-corrected chi connectivity index (χ0v) is 27.0. The van der Waals surface area contributed by atoms with Gasteiger partial charge in [-0.05, 0) is 94.0 Å². The van der Waals surface area contributed by atoms with Crippen LogP contribution in [0.2, 0.25) is 0 Å². The van der Waals surface area contributed by atoms with Gasteiger partial charge >= 0.3 is 0 Å². The van der Waals surface area contributed by atoms with Gasteiger partial charge in [0.05, 0.1) is 35.5 Å². The minimum Gasteiger partial charge on any atom is -0.497 e. The average molecular weight is 627 g/mol.